The fourth-order valence-electron chi connectivity index (χ4n) is 1.72. The lowest BCUT2D eigenvalue weighted by molar-refractivity contribution is 0.305. The van der Waals surface area contributed by atoms with Gasteiger partial charge in [-0.1, -0.05) is 12.1 Å². The summed E-state index contributed by atoms with van der Waals surface area (Å²) in [5, 5.41) is 0. The molecule has 98 valence electrons. The Labute approximate surface area is 120 Å². The van der Waals surface area contributed by atoms with Crippen molar-refractivity contribution >= 4 is 27.3 Å². The van der Waals surface area contributed by atoms with Crippen LogP contribution in [0.25, 0.3) is 4.85 Å². The number of aliphatic imine (C=N–C) groups is 1. The summed E-state index contributed by atoms with van der Waals surface area (Å²) in [5.41, 5.74) is 7.36. The number of hydrogen-bond donors (Lipinski definition) is 1. The highest BCUT2D eigenvalue weighted by Gasteiger charge is 2.25. The van der Waals surface area contributed by atoms with Crippen molar-refractivity contribution in [2.45, 2.75) is 18.9 Å². The highest BCUT2D eigenvalue weighted by molar-refractivity contribution is 9.12. The van der Waals surface area contributed by atoms with Crippen molar-refractivity contribution in [1.29, 1.82) is 0 Å². The van der Waals surface area contributed by atoms with Gasteiger partial charge in [-0.2, -0.15) is 0 Å². The SMILES string of the molecule is [C-]#[N+]c1c(OC2CC2)cccc1C(=NC)/C(Br)=C\N. The molecule has 4 nitrogen and oxygen atoms in total. The summed E-state index contributed by atoms with van der Waals surface area (Å²) in [7, 11) is 1.67. The fraction of sp³-hybridized carbons (Fsp3) is 0.286. The van der Waals surface area contributed by atoms with Crippen LogP contribution in [0, 0.1) is 6.57 Å². The van der Waals surface area contributed by atoms with E-state index in [9.17, 15) is 0 Å². The summed E-state index contributed by atoms with van der Waals surface area (Å²) >= 11 is 3.35. The summed E-state index contributed by atoms with van der Waals surface area (Å²) in [6.07, 6.45) is 3.79. The van der Waals surface area contributed by atoms with Crippen molar-refractivity contribution in [2.24, 2.45) is 10.7 Å². The zero-order valence-corrected chi connectivity index (χ0v) is 12.1. The van der Waals surface area contributed by atoms with Gasteiger partial charge in [0.15, 0.2) is 0 Å². The number of nitrogens with two attached hydrogens (primary N) is 1. The molecule has 1 fully saturated rings. The molecule has 2 rings (SSSR count). The lowest BCUT2D eigenvalue weighted by Gasteiger charge is -2.12. The minimum Gasteiger partial charge on any atom is -0.501 e. The van der Waals surface area contributed by atoms with Crippen LogP contribution in [0.5, 0.6) is 5.75 Å². The molecule has 0 saturated heterocycles. The molecule has 5 heteroatoms. The van der Waals surface area contributed by atoms with Crippen molar-refractivity contribution in [3.05, 3.63) is 45.9 Å². The molecule has 0 atom stereocenters. The summed E-state index contributed by atoms with van der Waals surface area (Å²) in [6, 6.07) is 5.53. The van der Waals surface area contributed by atoms with Gasteiger partial charge in [-0.15, -0.1) is 0 Å². The number of hydrogen-bond acceptors (Lipinski definition) is 3. The van der Waals surface area contributed by atoms with Gasteiger partial charge in [0.25, 0.3) is 0 Å². The van der Waals surface area contributed by atoms with Crippen LogP contribution in [0.3, 0.4) is 0 Å². The third kappa shape index (κ3) is 2.96. The molecule has 0 aliphatic heterocycles. The summed E-state index contributed by atoms with van der Waals surface area (Å²) in [6.45, 7) is 7.38. The molecule has 0 aromatic heterocycles. The van der Waals surface area contributed by atoms with Crippen LogP contribution < -0.4 is 10.5 Å². The molecule has 1 aromatic carbocycles. The maximum Gasteiger partial charge on any atom is 0.237 e. The maximum absolute atomic E-state index is 7.38. The van der Waals surface area contributed by atoms with Gasteiger partial charge < -0.3 is 10.5 Å². The lowest BCUT2D eigenvalue weighted by atomic mass is 10.1. The van der Waals surface area contributed by atoms with E-state index < -0.39 is 0 Å². The Kier molecular flexibility index (Phi) is 4.23. The summed E-state index contributed by atoms with van der Waals surface area (Å²) < 4.78 is 6.42. The Bertz CT molecular complexity index is 583. The quantitative estimate of drug-likeness (QED) is 0.683. The minimum absolute atomic E-state index is 0.256. The van der Waals surface area contributed by atoms with Gasteiger partial charge in [0.1, 0.15) is 5.75 Å². The van der Waals surface area contributed by atoms with Crippen LogP contribution in [0.2, 0.25) is 0 Å². The summed E-state index contributed by atoms with van der Waals surface area (Å²) in [4.78, 5) is 7.79. The normalized spacial score (nSPS) is 16.1. The second-order valence-corrected chi connectivity index (χ2v) is 5.02. The van der Waals surface area contributed by atoms with Crippen LogP contribution >= 0.6 is 15.9 Å². The summed E-state index contributed by atoms with van der Waals surface area (Å²) in [5.74, 6) is 0.619. The van der Waals surface area contributed by atoms with Gasteiger partial charge in [-0.05, 0) is 34.8 Å². The van der Waals surface area contributed by atoms with Crippen LogP contribution in [0.1, 0.15) is 18.4 Å². The van der Waals surface area contributed by atoms with E-state index in [1.807, 2.05) is 18.2 Å². The van der Waals surface area contributed by atoms with Gasteiger partial charge in [-0.3, -0.25) is 4.99 Å². The first-order valence-corrected chi connectivity index (χ1v) is 6.72. The topological polar surface area (TPSA) is 52.0 Å². The molecule has 1 aromatic rings. The Morgan fingerprint density at radius 3 is 2.84 bits per heavy atom. The average Bonchev–Trinajstić information content (AvgIpc) is 3.23. The molecule has 0 amide bonds. The highest BCUT2D eigenvalue weighted by atomic mass is 79.9. The van der Waals surface area contributed by atoms with E-state index in [2.05, 4.69) is 25.8 Å². The molecule has 1 aliphatic carbocycles. The second kappa shape index (κ2) is 5.89. The van der Waals surface area contributed by atoms with Crippen LogP contribution in [0.4, 0.5) is 5.69 Å². The van der Waals surface area contributed by atoms with E-state index in [4.69, 9.17) is 17.0 Å². The zero-order chi connectivity index (χ0) is 13.8. The molecule has 2 N–H and O–H groups in total. The van der Waals surface area contributed by atoms with Gasteiger partial charge in [0.05, 0.1) is 22.9 Å². The van der Waals surface area contributed by atoms with Gasteiger partial charge in [-0.25, -0.2) is 4.85 Å². The van der Waals surface area contributed by atoms with Crippen molar-refractivity contribution in [3.8, 4) is 5.75 Å². The third-order valence-electron chi connectivity index (χ3n) is 2.78. The van der Waals surface area contributed by atoms with E-state index >= 15 is 0 Å². The van der Waals surface area contributed by atoms with E-state index in [-0.39, 0.29) is 6.10 Å². The van der Waals surface area contributed by atoms with E-state index in [0.717, 1.165) is 18.4 Å². The molecule has 0 radical (unpaired) electrons. The number of rotatable bonds is 4. The van der Waals surface area contributed by atoms with Crippen molar-refractivity contribution in [2.75, 3.05) is 7.05 Å². The van der Waals surface area contributed by atoms with E-state index in [0.29, 0.717) is 21.6 Å². The van der Waals surface area contributed by atoms with Crippen LogP contribution in [-0.2, 0) is 0 Å². The standard InChI is InChI=1S/C14H14BrN3O/c1-17-13(11(15)8-16)10-4-3-5-12(14(10)18-2)19-9-6-7-9/h3-5,8-9H,6-7,16H2,1H3/b11-8+,17-13?. The van der Waals surface area contributed by atoms with E-state index in [1.54, 1.807) is 7.05 Å². The molecule has 0 spiro atoms. The number of benzene rings is 1. The molecule has 1 saturated carbocycles. The molecular weight excluding hydrogens is 306 g/mol. The highest BCUT2D eigenvalue weighted by Crippen LogP contribution is 2.37. The number of halogens is 1. The van der Waals surface area contributed by atoms with Crippen molar-refractivity contribution in [1.82, 2.24) is 0 Å². The Morgan fingerprint density at radius 2 is 2.32 bits per heavy atom. The predicted octanol–water partition coefficient (Wildman–Crippen LogP) is 3.39. The number of nitrogens with zero attached hydrogens (tertiary/aromatic N) is 2. The third-order valence-corrected chi connectivity index (χ3v) is 3.42. The smallest absolute Gasteiger partial charge is 0.237 e. The van der Waals surface area contributed by atoms with Crippen LogP contribution in [0.15, 0.2) is 33.9 Å². The molecular formula is C14H14BrN3O. The predicted molar refractivity (Wildman–Crippen MR) is 80.0 cm³/mol. The minimum atomic E-state index is 0.256. The molecule has 0 bridgehead atoms. The number of para-hydroxylation sites is 1. The van der Waals surface area contributed by atoms with Crippen molar-refractivity contribution in [3.63, 3.8) is 0 Å². The monoisotopic (exact) mass is 319 g/mol. The first-order chi connectivity index (χ1) is 9.21. The Hall–Kier alpha value is -1.80. The second-order valence-electron chi connectivity index (χ2n) is 4.17. The van der Waals surface area contributed by atoms with Gasteiger partial charge >= 0.3 is 0 Å². The maximum atomic E-state index is 7.38. The molecule has 0 unspecified atom stereocenters. The van der Waals surface area contributed by atoms with E-state index in [1.165, 1.54) is 6.20 Å². The fourth-order valence-corrected chi connectivity index (χ4v) is 2.12. The molecule has 1 aliphatic rings. The Balaban J connectivity index is 2.47. The number of allylic oxidation sites excluding steroid dienone is 1. The first kappa shape index (κ1) is 13.6. The van der Waals surface area contributed by atoms with Gasteiger partial charge in [0.2, 0.25) is 5.69 Å². The average molecular weight is 320 g/mol. The number of ether oxygens (including phenoxy) is 1. The molecule has 0 heterocycles. The lowest BCUT2D eigenvalue weighted by Crippen LogP contribution is -2.05. The Morgan fingerprint density at radius 1 is 1.58 bits per heavy atom. The zero-order valence-electron chi connectivity index (χ0n) is 10.6. The molecule has 19 heavy (non-hydrogen) atoms. The largest absolute Gasteiger partial charge is 0.501 e. The van der Waals surface area contributed by atoms with Crippen molar-refractivity contribution < 1.29 is 4.74 Å². The van der Waals surface area contributed by atoms with Gasteiger partial charge in [0, 0.05) is 18.8 Å². The van der Waals surface area contributed by atoms with Crippen LogP contribution in [-0.4, -0.2) is 18.9 Å². The first-order valence-electron chi connectivity index (χ1n) is 5.93.